The highest BCUT2D eigenvalue weighted by Gasteiger charge is 1.96. The molecule has 0 bridgehead atoms. The van der Waals surface area contributed by atoms with Gasteiger partial charge in [0.15, 0.2) is 0 Å². The molecule has 0 aliphatic heterocycles. The summed E-state index contributed by atoms with van der Waals surface area (Å²) in [6.45, 7) is 0.611. The van der Waals surface area contributed by atoms with E-state index in [0.29, 0.717) is 12.2 Å². The number of hydrogen-bond acceptors (Lipinski definition) is 2. The van der Waals surface area contributed by atoms with Gasteiger partial charge in [0.2, 0.25) is 0 Å². The van der Waals surface area contributed by atoms with Gasteiger partial charge in [-0.3, -0.25) is 0 Å². The maximum atomic E-state index is 5.39. The minimum absolute atomic E-state index is 0.611. The average Bonchev–Trinajstić information content (AvgIpc) is 2.06. The predicted octanol–water partition coefficient (Wildman–Crippen LogP) is 0.564. The summed E-state index contributed by atoms with van der Waals surface area (Å²) in [4.78, 5) is 4.02. The third kappa shape index (κ3) is 1.79. The summed E-state index contributed by atoms with van der Waals surface area (Å²) in [7, 11) is 0. The Bertz CT molecular complexity index is 273. The highest BCUT2D eigenvalue weighted by atomic mass is 14.7. The van der Waals surface area contributed by atoms with Gasteiger partial charge >= 0.3 is 0 Å². The van der Waals surface area contributed by atoms with Crippen LogP contribution in [0.1, 0.15) is 11.3 Å². The van der Waals surface area contributed by atoms with Crippen molar-refractivity contribution in [1.29, 1.82) is 0 Å². The fraction of sp³-hybridized carbons (Fsp3) is 0.222. The van der Waals surface area contributed by atoms with Crippen LogP contribution in [0.15, 0.2) is 18.3 Å². The summed E-state index contributed by atoms with van der Waals surface area (Å²) in [6, 6.07) is 3.82. The van der Waals surface area contributed by atoms with Gasteiger partial charge in [0.05, 0.1) is 0 Å². The molecule has 0 spiro atoms. The summed E-state index contributed by atoms with van der Waals surface area (Å²) in [5, 5.41) is 0. The number of nitrogens with zero attached hydrogens (tertiary/aromatic N) is 1. The lowest BCUT2D eigenvalue weighted by Crippen LogP contribution is -2.04. The van der Waals surface area contributed by atoms with E-state index in [-0.39, 0.29) is 0 Å². The molecule has 1 rings (SSSR count). The second-order valence-electron chi connectivity index (χ2n) is 2.19. The molecule has 0 atom stereocenters. The molecule has 0 saturated heterocycles. The summed E-state index contributed by atoms with van der Waals surface area (Å²) in [6.07, 6.45) is 7.72. The molecule has 1 aromatic rings. The molecule has 0 unspecified atom stereocenters. The number of pyridine rings is 1. The van der Waals surface area contributed by atoms with Gasteiger partial charge in [0.1, 0.15) is 5.69 Å². The molecule has 0 aliphatic rings. The van der Waals surface area contributed by atoms with Crippen LogP contribution in [0.2, 0.25) is 0 Å². The fourth-order valence-electron chi connectivity index (χ4n) is 0.926. The second-order valence-corrected chi connectivity index (χ2v) is 2.19. The molecular formula is C9H10N2. The van der Waals surface area contributed by atoms with Crippen LogP contribution in [0.4, 0.5) is 0 Å². The molecule has 56 valence electrons. The molecule has 2 N–H and O–H groups in total. The lowest BCUT2D eigenvalue weighted by Gasteiger charge is -1.99. The standard InChI is InChI=1S/C9H10N2/c1-2-9-8(5-6-10)4-3-7-11-9/h1,3-4,7H,5-6,10H2. The summed E-state index contributed by atoms with van der Waals surface area (Å²) < 4.78 is 0. The van der Waals surface area contributed by atoms with E-state index in [9.17, 15) is 0 Å². The molecule has 0 saturated carbocycles. The number of terminal acetylenes is 1. The Hall–Kier alpha value is -1.33. The van der Waals surface area contributed by atoms with Crippen molar-refractivity contribution < 1.29 is 0 Å². The van der Waals surface area contributed by atoms with Crippen molar-refractivity contribution in [3.63, 3.8) is 0 Å². The Kier molecular flexibility index (Phi) is 2.65. The zero-order valence-electron chi connectivity index (χ0n) is 6.25. The Balaban J connectivity index is 2.95. The van der Waals surface area contributed by atoms with Gasteiger partial charge in [-0.15, -0.1) is 6.42 Å². The number of nitrogens with two attached hydrogens (primary N) is 1. The van der Waals surface area contributed by atoms with Crippen LogP contribution in [0.3, 0.4) is 0 Å². The molecule has 2 nitrogen and oxygen atoms in total. The van der Waals surface area contributed by atoms with Crippen LogP contribution >= 0.6 is 0 Å². The monoisotopic (exact) mass is 146 g/mol. The zero-order valence-corrected chi connectivity index (χ0v) is 6.25. The van der Waals surface area contributed by atoms with Gasteiger partial charge in [-0.2, -0.15) is 0 Å². The highest BCUT2D eigenvalue weighted by Crippen LogP contribution is 2.02. The molecule has 1 heterocycles. The van der Waals surface area contributed by atoms with E-state index in [2.05, 4.69) is 10.9 Å². The van der Waals surface area contributed by atoms with E-state index in [4.69, 9.17) is 12.2 Å². The molecule has 0 aliphatic carbocycles. The Morgan fingerprint density at radius 1 is 1.64 bits per heavy atom. The first kappa shape index (κ1) is 7.77. The fourth-order valence-corrected chi connectivity index (χ4v) is 0.926. The van der Waals surface area contributed by atoms with Crippen LogP contribution in [0.5, 0.6) is 0 Å². The Labute approximate surface area is 66.4 Å². The summed E-state index contributed by atoms with van der Waals surface area (Å²) >= 11 is 0. The van der Waals surface area contributed by atoms with E-state index >= 15 is 0 Å². The van der Waals surface area contributed by atoms with Crippen molar-refractivity contribution in [1.82, 2.24) is 4.98 Å². The van der Waals surface area contributed by atoms with Crippen molar-refractivity contribution in [3.8, 4) is 12.3 Å². The molecule has 11 heavy (non-hydrogen) atoms. The van der Waals surface area contributed by atoms with Crippen molar-refractivity contribution in [2.45, 2.75) is 6.42 Å². The molecule has 0 aromatic carbocycles. The van der Waals surface area contributed by atoms with Crippen LogP contribution in [0, 0.1) is 12.3 Å². The predicted molar refractivity (Wildman–Crippen MR) is 44.9 cm³/mol. The Morgan fingerprint density at radius 3 is 3.09 bits per heavy atom. The van der Waals surface area contributed by atoms with Gasteiger partial charge in [-0.05, 0) is 30.5 Å². The normalized spacial score (nSPS) is 9.09. The van der Waals surface area contributed by atoms with Crippen LogP contribution in [-0.4, -0.2) is 11.5 Å². The Morgan fingerprint density at radius 2 is 2.45 bits per heavy atom. The van der Waals surface area contributed by atoms with Gasteiger partial charge in [-0.1, -0.05) is 6.07 Å². The third-order valence-electron chi connectivity index (χ3n) is 1.44. The smallest absolute Gasteiger partial charge is 0.116 e. The van der Waals surface area contributed by atoms with Gasteiger partial charge in [-0.25, -0.2) is 4.98 Å². The first-order valence-corrected chi connectivity index (χ1v) is 3.49. The topological polar surface area (TPSA) is 38.9 Å². The minimum Gasteiger partial charge on any atom is -0.330 e. The van der Waals surface area contributed by atoms with Crippen molar-refractivity contribution >= 4 is 0 Å². The molecule has 1 aromatic heterocycles. The zero-order chi connectivity index (χ0) is 8.10. The van der Waals surface area contributed by atoms with Crippen LogP contribution in [-0.2, 0) is 6.42 Å². The minimum atomic E-state index is 0.611. The quantitative estimate of drug-likeness (QED) is 0.619. The van der Waals surface area contributed by atoms with Crippen LogP contribution < -0.4 is 5.73 Å². The van der Waals surface area contributed by atoms with E-state index < -0.39 is 0 Å². The van der Waals surface area contributed by atoms with Gasteiger partial charge in [0, 0.05) is 6.20 Å². The molecule has 2 heteroatoms. The molecule has 0 amide bonds. The molecule has 0 fully saturated rings. The SMILES string of the molecule is C#Cc1ncccc1CCN. The number of rotatable bonds is 2. The first-order valence-electron chi connectivity index (χ1n) is 3.49. The van der Waals surface area contributed by atoms with Crippen molar-refractivity contribution in [2.75, 3.05) is 6.54 Å². The van der Waals surface area contributed by atoms with Gasteiger partial charge in [0.25, 0.3) is 0 Å². The number of hydrogen-bond donors (Lipinski definition) is 1. The van der Waals surface area contributed by atoms with Crippen molar-refractivity contribution in [3.05, 3.63) is 29.6 Å². The van der Waals surface area contributed by atoms with E-state index in [1.54, 1.807) is 6.20 Å². The maximum absolute atomic E-state index is 5.39. The maximum Gasteiger partial charge on any atom is 0.116 e. The second kappa shape index (κ2) is 3.75. The summed E-state index contributed by atoms with van der Waals surface area (Å²) in [5.74, 6) is 2.51. The highest BCUT2D eigenvalue weighted by molar-refractivity contribution is 5.33. The summed E-state index contributed by atoms with van der Waals surface area (Å²) in [5.41, 5.74) is 7.15. The lowest BCUT2D eigenvalue weighted by molar-refractivity contribution is 0.953. The van der Waals surface area contributed by atoms with Gasteiger partial charge < -0.3 is 5.73 Å². The third-order valence-corrected chi connectivity index (χ3v) is 1.44. The van der Waals surface area contributed by atoms with E-state index in [1.165, 1.54) is 0 Å². The van der Waals surface area contributed by atoms with Crippen LogP contribution in [0.25, 0.3) is 0 Å². The average molecular weight is 146 g/mol. The van der Waals surface area contributed by atoms with E-state index in [1.807, 2.05) is 12.1 Å². The molecule has 0 radical (unpaired) electrons. The van der Waals surface area contributed by atoms with Crippen molar-refractivity contribution in [2.24, 2.45) is 5.73 Å². The lowest BCUT2D eigenvalue weighted by atomic mass is 10.1. The largest absolute Gasteiger partial charge is 0.330 e. The van der Waals surface area contributed by atoms with E-state index in [0.717, 1.165) is 12.0 Å². The molecular weight excluding hydrogens is 136 g/mol. The number of aromatic nitrogens is 1. The first-order chi connectivity index (χ1) is 5.38.